The van der Waals surface area contributed by atoms with Crippen LogP contribution in [0, 0.1) is 5.41 Å². The van der Waals surface area contributed by atoms with Crippen LogP contribution in [0.3, 0.4) is 0 Å². The van der Waals surface area contributed by atoms with Crippen molar-refractivity contribution in [3.8, 4) is 5.75 Å². The monoisotopic (exact) mass is 574 g/mol. The first kappa shape index (κ1) is 34.1. The van der Waals surface area contributed by atoms with Gasteiger partial charge in [0.05, 0.1) is 0 Å². The Labute approximate surface area is 258 Å². The van der Waals surface area contributed by atoms with Crippen molar-refractivity contribution in [2.24, 2.45) is 12.5 Å². The fourth-order valence-electron chi connectivity index (χ4n) is 6.45. The molecule has 0 radical (unpaired) electrons. The van der Waals surface area contributed by atoms with E-state index in [0.717, 1.165) is 30.0 Å². The third-order valence-corrected chi connectivity index (χ3v) is 9.28. The van der Waals surface area contributed by atoms with Crippen molar-refractivity contribution >= 4 is 22.3 Å². The molecule has 0 amide bonds. The third-order valence-electron chi connectivity index (χ3n) is 9.28. The standard InChI is InChI=1S/C39H62N2O/c1-7-10-26-38(4,5)27-17-15-13-14-16-18-30-39(28-11-8-2,29-12-9-3)42-36-22-19-34(20-23-36)40-35-21-24-37-33(32-35)25-31-41(37)6/h19-25,31-32,40H,7-18,26-30H2,1-6H3. The molecule has 0 aliphatic rings. The van der Waals surface area contributed by atoms with Crippen LogP contribution in [0.4, 0.5) is 11.4 Å². The highest BCUT2D eigenvalue weighted by molar-refractivity contribution is 5.84. The largest absolute Gasteiger partial charge is 0.487 e. The van der Waals surface area contributed by atoms with Gasteiger partial charge in [0.2, 0.25) is 0 Å². The third kappa shape index (κ3) is 11.3. The van der Waals surface area contributed by atoms with Crippen molar-refractivity contribution < 1.29 is 4.74 Å². The Morgan fingerprint density at radius 1 is 0.619 bits per heavy atom. The minimum Gasteiger partial charge on any atom is -0.487 e. The Hall–Kier alpha value is -2.42. The molecule has 0 spiro atoms. The first-order chi connectivity index (χ1) is 20.3. The summed E-state index contributed by atoms with van der Waals surface area (Å²) in [5.74, 6) is 1.01. The lowest BCUT2D eigenvalue weighted by atomic mass is 9.82. The minimum atomic E-state index is -0.0391. The predicted octanol–water partition coefficient (Wildman–Crippen LogP) is 12.8. The molecule has 234 valence electrons. The highest BCUT2D eigenvalue weighted by atomic mass is 16.5. The maximum absolute atomic E-state index is 6.96. The number of ether oxygens (including phenoxy) is 1. The number of unbranched alkanes of at least 4 members (excludes halogenated alkanes) is 8. The lowest BCUT2D eigenvalue weighted by Gasteiger charge is -2.35. The quantitative estimate of drug-likeness (QED) is 0.121. The van der Waals surface area contributed by atoms with E-state index in [1.165, 1.54) is 107 Å². The summed E-state index contributed by atoms with van der Waals surface area (Å²) < 4.78 is 9.11. The molecule has 0 aliphatic carbocycles. The van der Waals surface area contributed by atoms with Gasteiger partial charge in [-0.15, -0.1) is 0 Å². The summed E-state index contributed by atoms with van der Waals surface area (Å²) >= 11 is 0. The van der Waals surface area contributed by atoms with Crippen molar-refractivity contribution in [3.63, 3.8) is 0 Å². The van der Waals surface area contributed by atoms with Gasteiger partial charge in [-0.25, -0.2) is 0 Å². The second-order valence-electron chi connectivity index (χ2n) is 13.7. The molecule has 0 atom stereocenters. The second-order valence-corrected chi connectivity index (χ2v) is 13.7. The first-order valence-corrected chi connectivity index (χ1v) is 17.4. The number of aryl methyl sites for hydroxylation is 1. The summed E-state index contributed by atoms with van der Waals surface area (Å²) in [4.78, 5) is 0. The van der Waals surface area contributed by atoms with E-state index >= 15 is 0 Å². The average molecular weight is 575 g/mol. The summed E-state index contributed by atoms with van der Waals surface area (Å²) in [5, 5.41) is 4.83. The van der Waals surface area contributed by atoms with Crippen molar-refractivity contribution in [3.05, 3.63) is 54.7 Å². The van der Waals surface area contributed by atoms with E-state index in [1.807, 2.05) is 0 Å². The SMILES string of the molecule is CCCCC(C)(C)CCCCCCCCC(CCCC)(CCCC)Oc1ccc(Nc2ccc3c(ccn3C)c2)cc1. The van der Waals surface area contributed by atoms with Gasteiger partial charge in [0, 0.05) is 35.5 Å². The van der Waals surface area contributed by atoms with Crippen LogP contribution < -0.4 is 10.1 Å². The van der Waals surface area contributed by atoms with E-state index in [-0.39, 0.29) is 5.60 Å². The molecule has 0 saturated carbocycles. The maximum Gasteiger partial charge on any atom is 0.120 e. The molecule has 3 nitrogen and oxygen atoms in total. The fraction of sp³-hybridized carbons (Fsp3) is 0.641. The van der Waals surface area contributed by atoms with E-state index in [4.69, 9.17) is 4.74 Å². The number of hydrogen-bond acceptors (Lipinski definition) is 2. The number of nitrogens with one attached hydrogen (secondary N) is 1. The zero-order valence-electron chi connectivity index (χ0n) is 28.1. The van der Waals surface area contributed by atoms with Gasteiger partial charge in [0.25, 0.3) is 0 Å². The zero-order chi connectivity index (χ0) is 30.3. The van der Waals surface area contributed by atoms with Crippen molar-refractivity contribution in [2.45, 2.75) is 149 Å². The summed E-state index contributed by atoms with van der Waals surface area (Å²) in [6, 6.07) is 17.4. The van der Waals surface area contributed by atoms with Crippen LogP contribution in [0.15, 0.2) is 54.7 Å². The Kier molecular flexibility index (Phi) is 14.3. The van der Waals surface area contributed by atoms with E-state index in [9.17, 15) is 0 Å². The second kappa shape index (κ2) is 17.6. The van der Waals surface area contributed by atoms with Crippen LogP contribution in [-0.2, 0) is 7.05 Å². The summed E-state index contributed by atoms with van der Waals surface area (Å²) in [6.45, 7) is 11.8. The topological polar surface area (TPSA) is 26.2 Å². The molecule has 1 aromatic heterocycles. The molecule has 3 heteroatoms. The van der Waals surface area contributed by atoms with E-state index in [2.05, 4.69) is 106 Å². The van der Waals surface area contributed by atoms with Gasteiger partial charge >= 0.3 is 0 Å². The van der Waals surface area contributed by atoms with Gasteiger partial charge in [-0.2, -0.15) is 0 Å². The van der Waals surface area contributed by atoms with E-state index < -0.39 is 0 Å². The number of fused-ring (bicyclic) bond motifs is 1. The number of aromatic nitrogens is 1. The summed E-state index contributed by atoms with van der Waals surface area (Å²) in [6.07, 6.45) is 24.1. The Bertz CT molecular complexity index is 1130. The van der Waals surface area contributed by atoms with Gasteiger partial charge < -0.3 is 14.6 Å². The molecule has 2 aromatic carbocycles. The van der Waals surface area contributed by atoms with Gasteiger partial charge in [-0.05, 0) is 105 Å². The molecule has 0 bridgehead atoms. The number of benzene rings is 2. The Morgan fingerprint density at radius 3 is 1.79 bits per heavy atom. The average Bonchev–Trinajstić information content (AvgIpc) is 3.35. The molecule has 0 saturated heterocycles. The lowest BCUT2D eigenvalue weighted by molar-refractivity contribution is 0.0342. The highest BCUT2D eigenvalue weighted by Gasteiger charge is 2.31. The molecule has 0 unspecified atom stereocenters. The normalized spacial score (nSPS) is 12.2. The Morgan fingerprint density at radius 2 is 1.14 bits per heavy atom. The highest BCUT2D eigenvalue weighted by Crippen LogP contribution is 2.35. The molecule has 1 N–H and O–H groups in total. The lowest BCUT2D eigenvalue weighted by Crippen LogP contribution is -2.36. The van der Waals surface area contributed by atoms with Crippen LogP contribution in [0.1, 0.15) is 144 Å². The molecular formula is C39H62N2O. The van der Waals surface area contributed by atoms with Crippen molar-refractivity contribution in [1.82, 2.24) is 4.57 Å². The number of rotatable bonds is 22. The van der Waals surface area contributed by atoms with Gasteiger partial charge in [0.1, 0.15) is 11.4 Å². The van der Waals surface area contributed by atoms with Crippen molar-refractivity contribution in [1.29, 1.82) is 0 Å². The maximum atomic E-state index is 6.96. The van der Waals surface area contributed by atoms with Crippen LogP contribution in [-0.4, -0.2) is 10.2 Å². The molecule has 42 heavy (non-hydrogen) atoms. The molecule has 3 rings (SSSR count). The predicted molar refractivity (Wildman–Crippen MR) is 185 cm³/mol. The van der Waals surface area contributed by atoms with Gasteiger partial charge in [0.15, 0.2) is 0 Å². The number of hydrogen-bond donors (Lipinski definition) is 1. The Balaban J connectivity index is 1.52. The number of anilines is 2. The number of nitrogens with zero attached hydrogens (tertiary/aromatic N) is 1. The first-order valence-electron chi connectivity index (χ1n) is 17.4. The zero-order valence-corrected chi connectivity index (χ0v) is 28.1. The van der Waals surface area contributed by atoms with E-state index in [0.29, 0.717) is 5.41 Å². The fourth-order valence-corrected chi connectivity index (χ4v) is 6.45. The molecule has 3 aromatic rings. The minimum absolute atomic E-state index is 0.0391. The van der Waals surface area contributed by atoms with Crippen LogP contribution in [0.25, 0.3) is 10.9 Å². The van der Waals surface area contributed by atoms with Gasteiger partial charge in [-0.1, -0.05) is 92.4 Å². The van der Waals surface area contributed by atoms with Crippen LogP contribution in [0.2, 0.25) is 0 Å². The smallest absolute Gasteiger partial charge is 0.120 e. The molecular weight excluding hydrogens is 512 g/mol. The van der Waals surface area contributed by atoms with E-state index in [1.54, 1.807) is 0 Å². The summed E-state index contributed by atoms with van der Waals surface area (Å²) in [7, 11) is 2.09. The van der Waals surface area contributed by atoms with Crippen molar-refractivity contribution in [2.75, 3.05) is 5.32 Å². The molecule has 0 aliphatic heterocycles. The summed E-state index contributed by atoms with van der Waals surface area (Å²) in [5.41, 5.74) is 3.95. The molecule has 1 heterocycles. The molecule has 0 fully saturated rings. The van der Waals surface area contributed by atoms with Crippen LogP contribution >= 0.6 is 0 Å². The van der Waals surface area contributed by atoms with Crippen LogP contribution in [0.5, 0.6) is 5.75 Å². The van der Waals surface area contributed by atoms with Gasteiger partial charge in [-0.3, -0.25) is 0 Å².